The molecule has 6 heteroatoms. The van der Waals surface area contributed by atoms with Crippen LogP contribution in [0, 0.1) is 0 Å². The average Bonchev–Trinajstić information content (AvgIpc) is 2.56. The molecule has 2 atom stereocenters. The van der Waals surface area contributed by atoms with Crippen LogP contribution in [0.5, 0.6) is 0 Å². The molecular formula is C18H26ClN3O2. The first-order valence-electron chi connectivity index (χ1n) is 8.58. The van der Waals surface area contributed by atoms with Crippen LogP contribution in [0.3, 0.4) is 0 Å². The van der Waals surface area contributed by atoms with E-state index in [1.807, 2.05) is 31.2 Å². The number of rotatable bonds is 5. The molecule has 0 bridgehead atoms. The summed E-state index contributed by atoms with van der Waals surface area (Å²) in [6, 6.07) is 6.75. The standard InChI is InChI=1S/C18H26ClN3O2/c1-12(14-8-10-15(19)11-9-14)20-13(2)17(23)22-18(24)21-16-6-4-3-5-7-16/h8-13,16,20H,3-7H2,1-2H3,(H2,21,22,23,24)/t12-,13+/m1/s1. The van der Waals surface area contributed by atoms with Gasteiger partial charge in [-0.25, -0.2) is 4.79 Å². The predicted molar refractivity (Wildman–Crippen MR) is 96.0 cm³/mol. The molecule has 0 aliphatic heterocycles. The van der Waals surface area contributed by atoms with E-state index in [0.717, 1.165) is 31.2 Å². The predicted octanol–water partition coefficient (Wildman–Crippen LogP) is 3.54. The zero-order valence-corrected chi connectivity index (χ0v) is 15.0. The van der Waals surface area contributed by atoms with Crippen LogP contribution in [0.15, 0.2) is 24.3 Å². The fraction of sp³-hybridized carbons (Fsp3) is 0.556. The second-order valence-electron chi connectivity index (χ2n) is 6.46. The van der Waals surface area contributed by atoms with Crippen LogP contribution in [-0.4, -0.2) is 24.0 Å². The smallest absolute Gasteiger partial charge is 0.321 e. The SMILES string of the molecule is C[C@H](N[C@H](C)c1ccc(Cl)cc1)C(=O)NC(=O)NC1CCCCC1. The van der Waals surface area contributed by atoms with Gasteiger partial charge in [0.15, 0.2) is 0 Å². The Labute approximate surface area is 148 Å². The zero-order chi connectivity index (χ0) is 17.5. The summed E-state index contributed by atoms with van der Waals surface area (Å²) in [6.45, 7) is 3.71. The van der Waals surface area contributed by atoms with Gasteiger partial charge in [-0.15, -0.1) is 0 Å². The van der Waals surface area contributed by atoms with Gasteiger partial charge in [0.25, 0.3) is 0 Å². The fourth-order valence-corrected chi connectivity index (χ4v) is 3.11. The molecule has 0 heterocycles. The van der Waals surface area contributed by atoms with Gasteiger partial charge >= 0.3 is 6.03 Å². The number of carbonyl (C=O) groups excluding carboxylic acids is 2. The molecule has 1 aromatic carbocycles. The van der Waals surface area contributed by atoms with Crippen molar-refractivity contribution in [2.75, 3.05) is 0 Å². The van der Waals surface area contributed by atoms with E-state index in [0.29, 0.717) is 5.02 Å². The second kappa shape index (κ2) is 9.04. The van der Waals surface area contributed by atoms with E-state index in [9.17, 15) is 9.59 Å². The zero-order valence-electron chi connectivity index (χ0n) is 14.3. The van der Waals surface area contributed by atoms with Crippen LogP contribution in [0.4, 0.5) is 4.79 Å². The highest BCUT2D eigenvalue weighted by molar-refractivity contribution is 6.30. The van der Waals surface area contributed by atoms with Crippen LogP contribution in [-0.2, 0) is 4.79 Å². The normalized spacial score (nSPS) is 17.8. The number of halogens is 1. The summed E-state index contributed by atoms with van der Waals surface area (Å²) >= 11 is 5.88. The minimum atomic E-state index is -0.479. The molecule has 3 amide bonds. The molecule has 1 aromatic rings. The molecule has 0 aromatic heterocycles. The Morgan fingerprint density at radius 3 is 2.33 bits per heavy atom. The van der Waals surface area contributed by atoms with Gasteiger partial charge in [-0.3, -0.25) is 15.4 Å². The molecule has 1 fully saturated rings. The van der Waals surface area contributed by atoms with Crippen molar-refractivity contribution in [2.45, 2.75) is 64.1 Å². The number of benzene rings is 1. The van der Waals surface area contributed by atoms with Gasteiger partial charge in [-0.2, -0.15) is 0 Å². The summed E-state index contributed by atoms with van der Waals surface area (Å²) in [4.78, 5) is 24.1. The van der Waals surface area contributed by atoms with Crippen molar-refractivity contribution in [3.63, 3.8) is 0 Å². The van der Waals surface area contributed by atoms with Gasteiger partial charge in [0.1, 0.15) is 0 Å². The molecule has 1 saturated carbocycles. The van der Waals surface area contributed by atoms with Gasteiger partial charge in [-0.05, 0) is 44.4 Å². The lowest BCUT2D eigenvalue weighted by Crippen LogP contribution is -2.50. The molecule has 5 nitrogen and oxygen atoms in total. The molecule has 24 heavy (non-hydrogen) atoms. The number of amides is 3. The minimum Gasteiger partial charge on any atom is -0.335 e. The van der Waals surface area contributed by atoms with E-state index < -0.39 is 12.1 Å². The maximum atomic E-state index is 12.2. The van der Waals surface area contributed by atoms with Crippen molar-refractivity contribution >= 4 is 23.5 Å². The second-order valence-corrected chi connectivity index (χ2v) is 6.90. The third kappa shape index (κ3) is 5.80. The summed E-state index contributed by atoms with van der Waals surface area (Å²) in [5, 5.41) is 9.17. The maximum absolute atomic E-state index is 12.2. The average molecular weight is 352 g/mol. The van der Waals surface area contributed by atoms with Crippen molar-refractivity contribution in [3.05, 3.63) is 34.9 Å². The maximum Gasteiger partial charge on any atom is 0.321 e. The van der Waals surface area contributed by atoms with Crippen molar-refractivity contribution in [3.8, 4) is 0 Å². The molecule has 3 N–H and O–H groups in total. The van der Waals surface area contributed by atoms with E-state index in [1.54, 1.807) is 6.92 Å². The molecule has 0 radical (unpaired) electrons. The van der Waals surface area contributed by atoms with Crippen molar-refractivity contribution < 1.29 is 9.59 Å². The Balaban J connectivity index is 1.78. The summed E-state index contributed by atoms with van der Waals surface area (Å²) in [5.74, 6) is -0.330. The van der Waals surface area contributed by atoms with Gasteiger partial charge < -0.3 is 5.32 Å². The van der Waals surface area contributed by atoms with E-state index in [1.165, 1.54) is 6.42 Å². The lowest BCUT2D eigenvalue weighted by atomic mass is 9.96. The van der Waals surface area contributed by atoms with Gasteiger partial charge in [0.2, 0.25) is 5.91 Å². The molecule has 132 valence electrons. The molecule has 0 unspecified atom stereocenters. The Kier molecular flexibility index (Phi) is 7.06. The van der Waals surface area contributed by atoms with E-state index >= 15 is 0 Å². The summed E-state index contributed by atoms with van der Waals surface area (Å²) in [6.07, 6.45) is 5.47. The molecular weight excluding hydrogens is 326 g/mol. The number of urea groups is 1. The topological polar surface area (TPSA) is 70.2 Å². The first kappa shape index (κ1) is 18.7. The number of hydrogen-bond donors (Lipinski definition) is 3. The Morgan fingerprint density at radius 2 is 1.71 bits per heavy atom. The highest BCUT2D eigenvalue weighted by Gasteiger charge is 2.20. The summed E-state index contributed by atoms with van der Waals surface area (Å²) in [5.41, 5.74) is 1.03. The third-order valence-electron chi connectivity index (χ3n) is 4.44. The molecule has 0 spiro atoms. The van der Waals surface area contributed by atoms with Crippen molar-refractivity contribution in [1.82, 2.24) is 16.0 Å². The van der Waals surface area contributed by atoms with Crippen LogP contribution in [0.2, 0.25) is 5.02 Å². The minimum absolute atomic E-state index is 0.0237. The number of imide groups is 1. The quantitative estimate of drug-likeness (QED) is 0.760. The van der Waals surface area contributed by atoms with Gasteiger partial charge in [0, 0.05) is 17.1 Å². The van der Waals surface area contributed by atoms with Crippen molar-refractivity contribution in [1.29, 1.82) is 0 Å². The molecule has 2 rings (SSSR count). The van der Waals surface area contributed by atoms with Gasteiger partial charge in [0.05, 0.1) is 6.04 Å². The monoisotopic (exact) mass is 351 g/mol. The lowest BCUT2D eigenvalue weighted by molar-refractivity contribution is -0.121. The van der Waals surface area contributed by atoms with Gasteiger partial charge in [-0.1, -0.05) is 43.0 Å². The summed E-state index contributed by atoms with van der Waals surface area (Å²) < 4.78 is 0. The highest BCUT2D eigenvalue weighted by Crippen LogP contribution is 2.17. The largest absolute Gasteiger partial charge is 0.335 e. The first-order valence-corrected chi connectivity index (χ1v) is 8.96. The molecule has 1 aliphatic carbocycles. The van der Waals surface area contributed by atoms with Crippen molar-refractivity contribution in [2.24, 2.45) is 0 Å². The Bertz CT molecular complexity index is 556. The Hall–Kier alpha value is -1.59. The fourth-order valence-electron chi connectivity index (χ4n) is 2.99. The first-order chi connectivity index (χ1) is 11.5. The van der Waals surface area contributed by atoms with Crippen LogP contribution < -0.4 is 16.0 Å². The van der Waals surface area contributed by atoms with Crippen LogP contribution >= 0.6 is 11.6 Å². The van der Waals surface area contributed by atoms with E-state index in [-0.39, 0.29) is 18.0 Å². The van der Waals surface area contributed by atoms with E-state index in [2.05, 4.69) is 16.0 Å². The Morgan fingerprint density at radius 1 is 1.08 bits per heavy atom. The number of carbonyl (C=O) groups is 2. The highest BCUT2D eigenvalue weighted by atomic mass is 35.5. The summed E-state index contributed by atoms with van der Waals surface area (Å²) in [7, 11) is 0. The molecule has 1 aliphatic rings. The lowest BCUT2D eigenvalue weighted by Gasteiger charge is -2.24. The van der Waals surface area contributed by atoms with Crippen LogP contribution in [0.1, 0.15) is 57.6 Å². The molecule has 0 saturated heterocycles. The number of nitrogens with one attached hydrogen (secondary N) is 3. The third-order valence-corrected chi connectivity index (χ3v) is 4.69. The number of hydrogen-bond acceptors (Lipinski definition) is 3. The van der Waals surface area contributed by atoms with Crippen LogP contribution in [0.25, 0.3) is 0 Å². The van der Waals surface area contributed by atoms with E-state index in [4.69, 9.17) is 11.6 Å².